The minimum Gasteiger partial charge on any atom is -0.497 e. The summed E-state index contributed by atoms with van der Waals surface area (Å²) in [6, 6.07) is 12.3. The number of hydrogen-bond acceptors (Lipinski definition) is 7. The summed E-state index contributed by atoms with van der Waals surface area (Å²) in [7, 11) is 4.74. The van der Waals surface area contributed by atoms with Crippen molar-refractivity contribution in [3.63, 3.8) is 0 Å². The van der Waals surface area contributed by atoms with Crippen molar-refractivity contribution in [3.8, 4) is 22.9 Å². The fourth-order valence-corrected chi connectivity index (χ4v) is 3.18. The van der Waals surface area contributed by atoms with Crippen LogP contribution in [0.5, 0.6) is 11.5 Å². The van der Waals surface area contributed by atoms with Crippen LogP contribution >= 0.6 is 11.6 Å². The maximum absolute atomic E-state index is 13.0. The number of carbonyl (C=O) groups is 1. The summed E-state index contributed by atoms with van der Waals surface area (Å²) >= 11 is 6.19. The number of hydrogen-bond donors (Lipinski definition) is 0. The lowest BCUT2D eigenvalue weighted by molar-refractivity contribution is 0.0694. The van der Waals surface area contributed by atoms with E-state index in [1.165, 1.54) is 0 Å². The van der Waals surface area contributed by atoms with Gasteiger partial charge in [0.15, 0.2) is 0 Å². The molecule has 0 saturated heterocycles. The molecule has 0 spiro atoms. The first-order valence-electron chi connectivity index (χ1n) is 9.64. The van der Waals surface area contributed by atoms with Crippen LogP contribution in [0.3, 0.4) is 0 Å². The Bertz CT molecular complexity index is 1000. The van der Waals surface area contributed by atoms with E-state index in [0.29, 0.717) is 65.5 Å². The summed E-state index contributed by atoms with van der Waals surface area (Å²) in [6.45, 7) is 1.18. The Balaban J connectivity index is 1.74. The Morgan fingerprint density at radius 3 is 2.42 bits per heavy atom. The van der Waals surface area contributed by atoms with Gasteiger partial charge in [0.1, 0.15) is 11.5 Å². The number of halogens is 1. The van der Waals surface area contributed by atoms with E-state index in [4.69, 9.17) is 30.3 Å². The lowest BCUT2D eigenvalue weighted by atomic mass is 10.2. The highest BCUT2D eigenvalue weighted by Gasteiger charge is 2.19. The maximum atomic E-state index is 13.0. The van der Waals surface area contributed by atoms with Crippen LogP contribution < -0.4 is 9.47 Å². The summed E-state index contributed by atoms with van der Waals surface area (Å²) < 4.78 is 21.1. The van der Waals surface area contributed by atoms with Crippen molar-refractivity contribution >= 4 is 17.5 Å². The summed E-state index contributed by atoms with van der Waals surface area (Å²) in [4.78, 5) is 19.1. The molecule has 0 fully saturated rings. The van der Waals surface area contributed by atoms with Crippen molar-refractivity contribution < 1.29 is 23.5 Å². The molecule has 0 bridgehead atoms. The van der Waals surface area contributed by atoms with Gasteiger partial charge < -0.3 is 23.6 Å². The zero-order valence-corrected chi connectivity index (χ0v) is 18.4. The van der Waals surface area contributed by atoms with Gasteiger partial charge in [0.25, 0.3) is 5.91 Å². The van der Waals surface area contributed by atoms with Crippen molar-refractivity contribution in [2.24, 2.45) is 0 Å². The topological polar surface area (TPSA) is 86.9 Å². The molecule has 1 amide bonds. The first kappa shape index (κ1) is 22.6. The molecule has 3 rings (SSSR count). The number of nitrogens with zero attached hydrogens (tertiary/aromatic N) is 3. The third kappa shape index (κ3) is 5.74. The van der Waals surface area contributed by atoms with Crippen LogP contribution in [0, 0.1) is 0 Å². The van der Waals surface area contributed by atoms with E-state index in [0.717, 1.165) is 0 Å². The quantitative estimate of drug-likeness (QED) is 0.469. The molecule has 0 aliphatic carbocycles. The zero-order chi connectivity index (χ0) is 22.2. The van der Waals surface area contributed by atoms with Crippen LogP contribution in [0.25, 0.3) is 11.4 Å². The summed E-state index contributed by atoms with van der Waals surface area (Å²) in [5.74, 6) is 1.88. The second-order valence-corrected chi connectivity index (χ2v) is 7.04. The van der Waals surface area contributed by atoms with Crippen LogP contribution in [0.15, 0.2) is 47.0 Å². The van der Waals surface area contributed by atoms with Crippen molar-refractivity contribution in [1.82, 2.24) is 15.0 Å². The zero-order valence-electron chi connectivity index (χ0n) is 17.6. The number of rotatable bonds is 10. The third-order valence-electron chi connectivity index (χ3n) is 4.63. The first-order valence-corrected chi connectivity index (χ1v) is 10.0. The highest BCUT2D eigenvalue weighted by Crippen LogP contribution is 2.28. The minimum absolute atomic E-state index is 0.181. The summed E-state index contributed by atoms with van der Waals surface area (Å²) in [5, 5.41) is 4.45. The molecule has 0 radical (unpaired) electrons. The molecule has 0 aliphatic rings. The van der Waals surface area contributed by atoms with Gasteiger partial charge in [0.2, 0.25) is 11.7 Å². The molecule has 2 aromatic carbocycles. The second kappa shape index (κ2) is 10.8. The number of aromatic nitrogens is 2. The molecule has 3 aromatic rings. The Hall–Kier alpha value is -3.10. The van der Waals surface area contributed by atoms with Gasteiger partial charge in [-0.2, -0.15) is 4.98 Å². The Labute approximate surface area is 185 Å². The molecule has 9 heteroatoms. The van der Waals surface area contributed by atoms with E-state index >= 15 is 0 Å². The SMILES string of the molecule is COCCN(CCc1nc(-c2cc(OC)cc(OC)c2)no1)C(=O)c1ccccc1Cl. The van der Waals surface area contributed by atoms with Crippen LogP contribution in [-0.2, 0) is 11.2 Å². The van der Waals surface area contributed by atoms with Gasteiger partial charge in [-0.1, -0.05) is 28.9 Å². The van der Waals surface area contributed by atoms with Crippen LogP contribution in [0.2, 0.25) is 5.02 Å². The van der Waals surface area contributed by atoms with Gasteiger partial charge >= 0.3 is 0 Å². The molecule has 0 saturated carbocycles. The van der Waals surface area contributed by atoms with E-state index in [1.54, 1.807) is 68.7 Å². The van der Waals surface area contributed by atoms with Gasteiger partial charge in [0, 0.05) is 38.2 Å². The van der Waals surface area contributed by atoms with E-state index in [9.17, 15) is 4.79 Å². The predicted molar refractivity (Wildman–Crippen MR) is 116 cm³/mol. The summed E-state index contributed by atoms with van der Waals surface area (Å²) in [5.41, 5.74) is 1.14. The smallest absolute Gasteiger partial charge is 0.255 e. The van der Waals surface area contributed by atoms with Gasteiger partial charge in [-0.05, 0) is 24.3 Å². The van der Waals surface area contributed by atoms with E-state index in [-0.39, 0.29) is 5.91 Å². The fraction of sp³-hybridized carbons (Fsp3) is 0.318. The van der Waals surface area contributed by atoms with E-state index in [1.807, 2.05) is 0 Å². The maximum Gasteiger partial charge on any atom is 0.255 e. The Kier molecular flexibility index (Phi) is 7.86. The molecule has 0 aliphatic heterocycles. The monoisotopic (exact) mass is 445 g/mol. The molecule has 1 aromatic heterocycles. The number of benzene rings is 2. The first-order chi connectivity index (χ1) is 15.0. The number of methoxy groups -OCH3 is 3. The van der Waals surface area contributed by atoms with Crippen molar-refractivity contribution in [3.05, 3.63) is 58.9 Å². The van der Waals surface area contributed by atoms with Crippen LogP contribution in [-0.4, -0.2) is 62.0 Å². The van der Waals surface area contributed by atoms with E-state index in [2.05, 4.69) is 10.1 Å². The van der Waals surface area contributed by atoms with Crippen LogP contribution in [0.1, 0.15) is 16.2 Å². The average molecular weight is 446 g/mol. The highest BCUT2D eigenvalue weighted by atomic mass is 35.5. The lowest BCUT2D eigenvalue weighted by Crippen LogP contribution is -2.35. The molecule has 31 heavy (non-hydrogen) atoms. The minimum atomic E-state index is -0.181. The van der Waals surface area contributed by atoms with E-state index < -0.39 is 0 Å². The molecular formula is C22H24ClN3O5. The molecule has 164 valence electrons. The summed E-state index contributed by atoms with van der Waals surface area (Å²) in [6.07, 6.45) is 0.383. The normalized spacial score (nSPS) is 10.7. The van der Waals surface area contributed by atoms with Crippen LogP contribution in [0.4, 0.5) is 0 Å². The van der Waals surface area contributed by atoms with Gasteiger partial charge in [0.05, 0.1) is 31.4 Å². The van der Waals surface area contributed by atoms with Gasteiger partial charge in [-0.15, -0.1) is 0 Å². The standard InChI is InChI=1S/C22H24ClN3O5/c1-28-11-10-26(22(27)18-6-4-5-7-19(18)23)9-8-20-24-21(25-31-20)15-12-16(29-2)14-17(13-15)30-3/h4-7,12-14H,8-11H2,1-3H3. The molecule has 1 heterocycles. The molecule has 0 atom stereocenters. The van der Waals surface area contributed by atoms with Gasteiger partial charge in [-0.25, -0.2) is 0 Å². The van der Waals surface area contributed by atoms with Gasteiger partial charge in [-0.3, -0.25) is 4.79 Å². The lowest BCUT2D eigenvalue weighted by Gasteiger charge is -2.22. The van der Waals surface area contributed by atoms with Crippen molar-refractivity contribution in [1.29, 1.82) is 0 Å². The highest BCUT2D eigenvalue weighted by molar-refractivity contribution is 6.33. The number of ether oxygens (including phenoxy) is 3. The number of amides is 1. The molecule has 0 N–H and O–H groups in total. The van der Waals surface area contributed by atoms with Crippen molar-refractivity contribution in [2.75, 3.05) is 41.0 Å². The Morgan fingerprint density at radius 1 is 1.06 bits per heavy atom. The second-order valence-electron chi connectivity index (χ2n) is 6.63. The average Bonchev–Trinajstić information content (AvgIpc) is 3.28. The largest absolute Gasteiger partial charge is 0.497 e. The Morgan fingerprint density at radius 2 is 1.77 bits per heavy atom. The number of carbonyl (C=O) groups excluding carboxylic acids is 1. The van der Waals surface area contributed by atoms with Crippen molar-refractivity contribution in [2.45, 2.75) is 6.42 Å². The molecule has 0 unspecified atom stereocenters. The molecular weight excluding hydrogens is 422 g/mol. The third-order valence-corrected chi connectivity index (χ3v) is 4.96. The fourth-order valence-electron chi connectivity index (χ4n) is 2.96. The molecule has 8 nitrogen and oxygen atoms in total. The predicted octanol–water partition coefficient (Wildman–Crippen LogP) is 3.74.